The van der Waals surface area contributed by atoms with E-state index in [-0.39, 0.29) is 53.8 Å². The topological polar surface area (TPSA) is 226 Å². The number of nitrogens with zero attached hydrogens (tertiary/aromatic N) is 2. The number of imide groups is 2. The lowest BCUT2D eigenvalue weighted by Crippen LogP contribution is -2.48. The van der Waals surface area contributed by atoms with Crippen LogP contribution in [0, 0.1) is 23.7 Å². The van der Waals surface area contributed by atoms with Gasteiger partial charge in [-0.3, -0.25) is 19.2 Å². The van der Waals surface area contributed by atoms with Crippen LogP contribution in [0.5, 0.6) is 5.75 Å². The van der Waals surface area contributed by atoms with Gasteiger partial charge in [0, 0.05) is 38.8 Å². The zero-order valence-electron chi connectivity index (χ0n) is 89.0. The molecule has 4 amide bonds. The predicted octanol–water partition coefficient (Wildman–Crippen LogP) is 30.8. The van der Waals surface area contributed by atoms with E-state index in [2.05, 4.69) is 97.0 Å². The van der Waals surface area contributed by atoms with E-state index in [4.69, 9.17) is 42.6 Å². The normalized spacial score (nSPS) is 14.7. The van der Waals surface area contributed by atoms with Crippen LogP contribution in [0.15, 0.2) is 206 Å². The first-order valence-electron chi connectivity index (χ1n) is 53.1. The number of carbonyl (C=O) groups is 8. The first kappa shape index (κ1) is 118. The van der Waals surface area contributed by atoms with Crippen molar-refractivity contribution in [3.05, 3.63) is 245 Å². The van der Waals surface area contributed by atoms with Gasteiger partial charge in [0.1, 0.15) is 51.6 Å². The van der Waals surface area contributed by atoms with Gasteiger partial charge < -0.3 is 42.6 Å². The zero-order chi connectivity index (χ0) is 102. The van der Waals surface area contributed by atoms with Crippen molar-refractivity contribution in [1.29, 1.82) is 0 Å². The molecule has 0 heterocycles. The summed E-state index contributed by atoms with van der Waals surface area (Å²) in [5.41, 5.74) is 4.96. The van der Waals surface area contributed by atoms with Gasteiger partial charge in [-0.15, -0.1) is 0 Å². The molecule has 19 heteroatoms. The Labute approximate surface area is 842 Å². The highest BCUT2D eigenvalue weighted by Crippen LogP contribution is 2.41. The molecule has 140 heavy (non-hydrogen) atoms. The lowest BCUT2D eigenvalue weighted by Gasteiger charge is -2.40. The molecule has 0 aliphatic heterocycles. The van der Waals surface area contributed by atoms with Crippen LogP contribution in [0.1, 0.15) is 369 Å². The minimum Gasteiger partial charge on any atom is -0.497 e. The molecule has 0 spiro atoms. The van der Waals surface area contributed by atoms with Crippen LogP contribution in [0.2, 0.25) is 0 Å². The average molecular weight is 1930 g/mol. The summed E-state index contributed by atoms with van der Waals surface area (Å²) in [7, 11) is 1.63. The number of benzene rings is 7. The maximum Gasteiger partial charge on any atom is 0.419 e. The standard InChI is InChI=1S/C28H43NO4.C20H31NO4.2C19H28O2.C18H20O3.C17H26O2/c1-27(2,23-16-10-6-11-17-23)32-25(30)29(21-20-22-14-8-5-9-15-22)26(31)33-28(3,4)24-18-12-7-13-19-24;1-7-19(3,4)24-17(22)21(18(23)25-20(5,6)8-2)15-14-16-12-10-9-11-13-16;1-16(2)19(14-7-4-8-15-19)21-18(20)13-9-12-17-10-5-3-6-11-17;1-19(2,17-13-7-4-8-14-17)21-18(20)15-9-12-16-10-5-3-6-11-16;1-20-17-12-10-16(11-13-17)14-21-18(19)9-5-8-15-6-3-2-4-7-15;1-4-17(5-2,6-3)19-16(18)14-10-13-15-11-8-7-9-12-15/h5,8-9,14-15,23-24H,6-7,10-13,16-21H2,1-4H3;9-13H,7-8,14-15H2,1-6H3;3,5-6,10-11,16H,4,7-9,12-15H2,1-2H3;3,5-6,10-11,17H,4,7-9,12-15H2,1-2H3;2-4,6-7,10-13H,5,8-9,14H2,1H3;7-9,11-12H,4-6,10,13-14H2,1-3H3. The van der Waals surface area contributed by atoms with Gasteiger partial charge in [-0.25, -0.2) is 29.0 Å². The Balaban J connectivity index is 0.000000260. The van der Waals surface area contributed by atoms with Crippen LogP contribution >= 0.6 is 0 Å². The number of ether oxygens (including phenoxy) is 9. The first-order valence-corrected chi connectivity index (χ1v) is 53.1. The van der Waals surface area contributed by atoms with Crippen molar-refractivity contribution in [3.63, 3.8) is 0 Å². The molecule has 11 rings (SSSR count). The molecule has 7 aromatic carbocycles. The molecule has 0 bridgehead atoms. The van der Waals surface area contributed by atoms with E-state index in [9.17, 15) is 38.4 Å². The van der Waals surface area contributed by atoms with Crippen molar-refractivity contribution < 1.29 is 81.0 Å². The van der Waals surface area contributed by atoms with Gasteiger partial charge in [-0.05, 0) is 305 Å². The molecule has 0 N–H and O–H groups in total. The largest absolute Gasteiger partial charge is 0.497 e. The average Bonchev–Trinajstić information content (AvgIpc) is 0.814. The molecule has 0 aromatic heterocycles. The summed E-state index contributed by atoms with van der Waals surface area (Å²) >= 11 is 0. The van der Waals surface area contributed by atoms with Gasteiger partial charge in [0.15, 0.2) is 0 Å². The molecule has 0 radical (unpaired) electrons. The van der Waals surface area contributed by atoms with Gasteiger partial charge in [-0.1, -0.05) is 307 Å². The van der Waals surface area contributed by atoms with E-state index in [1.807, 2.05) is 227 Å². The predicted molar refractivity (Wildman–Crippen MR) is 563 cm³/mol. The van der Waals surface area contributed by atoms with Crippen LogP contribution in [0.25, 0.3) is 0 Å². The summed E-state index contributed by atoms with van der Waals surface area (Å²) in [4.78, 5) is 102. The number of hydrogen-bond donors (Lipinski definition) is 0. The Morgan fingerprint density at radius 3 is 0.893 bits per heavy atom. The molecule has 0 saturated heterocycles. The van der Waals surface area contributed by atoms with Gasteiger partial charge in [0.25, 0.3) is 0 Å². The van der Waals surface area contributed by atoms with E-state index in [1.54, 1.807) is 7.11 Å². The first-order chi connectivity index (χ1) is 66.9. The maximum atomic E-state index is 13.3. The summed E-state index contributed by atoms with van der Waals surface area (Å²) in [6.07, 6.45) is 35.1. The molecule has 7 aromatic rings. The van der Waals surface area contributed by atoms with Crippen molar-refractivity contribution in [2.24, 2.45) is 23.7 Å². The quantitative estimate of drug-likeness (QED) is 0.0256. The van der Waals surface area contributed by atoms with E-state index in [0.717, 1.165) is 136 Å². The Hall–Kier alpha value is -10.3. The van der Waals surface area contributed by atoms with E-state index >= 15 is 0 Å². The van der Waals surface area contributed by atoms with Crippen LogP contribution < -0.4 is 4.74 Å². The van der Waals surface area contributed by atoms with E-state index in [1.165, 1.54) is 117 Å². The van der Waals surface area contributed by atoms with Gasteiger partial charge in [-0.2, -0.15) is 0 Å². The summed E-state index contributed by atoms with van der Waals surface area (Å²) in [6, 6.07) is 68.2. The third kappa shape index (κ3) is 45.3. The van der Waals surface area contributed by atoms with Crippen LogP contribution in [-0.2, 0) is 102 Å². The number of esters is 4. The van der Waals surface area contributed by atoms with Crippen molar-refractivity contribution in [3.8, 4) is 5.75 Å². The lowest BCUT2D eigenvalue weighted by molar-refractivity contribution is -0.170. The fraction of sp³-hybridized carbons (Fsp3) is 0.587. The molecule has 4 aliphatic rings. The number of methoxy groups -OCH3 is 1. The smallest absolute Gasteiger partial charge is 0.419 e. The lowest BCUT2D eigenvalue weighted by atomic mass is 9.77. The van der Waals surface area contributed by atoms with Crippen molar-refractivity contribution in [2.75, 3.05) is 20.2 Å². The Kier molecular flexibility index (Phi) is 53.2. The molecule has 19 nitrogen and oxygen atoms in total. The Morgan fingerprint density at radius 1 is 0.314 bits per heavy atom. The summed E-state index contributed by atoms with van der Waals surface area (Å²) in [5, 5.41) is 0. The second-order valence-electron chi connectivity index (χ2n) is 41.6. The highest BCUT2D eigenvalue weighted by Gasteiger charge is 2.43. The van der Waals surface area contributed by atoms with Gasteiger partial charge in [0.05, 0.1) is 7.11 Å². The van der Waals surface area contributed by atoms with E-state index < -0.39 is 46.8 Å². The summed E-state index contributed by atoms with van der Waals surface area (Å²) < 4.78 is 50.7. The molecule has 772 valence electrons. The van der Waals surface area contributed by atoms with Crippen LogP contribution in [0.4, 0.5) is 19.2 Å². The monoisotopic (exact) mass is 1930 g/mol. The second-order valence-corrected chi connectivity index (χ2v) is 41.6. The van der Waals surface area contributed by atoms with E-state index in [0.29, 0.717) is 81.6 Å². The number of amides is 4. The van der Waals surface area contributed by atoms with Crippen molar-refractivity contribution in [1.82, 2.24) is 9.80 Å². The van der Waals surface area contributed by atoms with Gasteiger partial charge in [0.2, 0.25) is 0 Å². The Bertz CT molecular complexity index is 4520. The maximum absolute atomic E-state index is 13.3. The van der Waals surface area contributed by atoms with Crippen LogP contribution in [0.3, 0.4) is 0 Å². The minimum atomic E-state index is -0.667. The molecular formula is C121H176N2O17. The SMILES string of the molecule is CC(C)(OC(=O)CCCc1ccccc1)C1CCCCC1.CC(C)(OC(=O)N(CCc1ccccc1)C(=O)OC(C)(C)C1CCCCC1)C1CCCCC1.CC(C)C1(OC(=O)CCCc2ccccc2)CCCCC1.CCC(C)(C)OC(=O)N(CCc1ccccc1)C(=O)OC(C)(C)CC.CCC(CC)(CC)OC(=O)CCCc1ccccc1.COc1ccc(COC(=O)CCCc2ccccc2)cc1. The summed E-state index contributed by atoms with van der Waals surface area (Å²) in [6.45, 7) is 34.6. The molecule has 4 fully saturated rings. The van der Waals surface area contributed by atoms with Crippen LogP contribution in [-0.4, -0.2) is 117 Å². The third-order valence-electron chi connectivity index (χ3n) is 28.7. The number of hydrogen-bond acceptors (Lipinski definition) is 17. The molecular weight excluding hydrogens is 1750 g/mol. The molecule has 4 saturated carbocycles. The fourth-order valence-electron chi connectivity index (χ4n) is 18.3. The summed E-state index contributed by atoms with van der Waals surface area (Å²) in [5.74, 6) is 2.13. The zero-order valence-corrected chi connectivity index (χ0v) is 89.0. The second kappa shape index (κ2) is 62.9. The number of carbonyl (C=O) groups excluding carboxylic acids is 8. The highest BCUT2D eigenvalue weighted by atomic mass is 16.6. The number of rotatable bonds is 41. The van der Waals surface area contributed by atoms with Crippen molar-refractivity contribution >= 4 is 48.3 Å². The molecule has 0 atom stereocenters. The third-order valence-corrected chi connectivity index (χ3v) is 28.7. The Morgan fingerprint density at radius 2 is 0.593 bits per heavy atom. The molecule has 0 unspecified atom stereocenters. The van der Waals surface area contributed by atoms with Gasteiger partial charge >= 0.3 is 48.3 Å². The van der Waals surface area contributed by atoms with Crippen molar-refractivity contribution in [2.45, 2.75) is 414 Å². The molecule has 4 aliphatic carbocycles. The minimum absolute atomic E-state index is 0.0125. The fourth-order valence-corrected chi connectivity index (χ4v) is 18.3. The number of aryl methyl sites for hydroxylation is 4. The highest BCUT2D eigenvalue weighted by molar-refractivity contribution is 5.89.